The lowest BCUT2D eigenvalue weighted by molar-refractivity contribution is 0.179. The van der Waals surface area contributed by atoms with E-state index in [1.54, 1.807) is 0 Å². The SMILES string of the molecule is CCN1C[C@H]2CC21. The summed E-state index contributed by atoms with van der Waals surface area (Å²) in [6, 6.07) is 1.05. The molecule has 1 heterocycles. The number of hydrogen-bond donors (Lipinski definition) is 0. The molecule has 0 aromatic rings. The topological polar surface area (TPSA) is 3.24 Å². The maximum Gasteiger partial charge on any atom is 0.0140 e. The van der Waals surface area contributed by atoms with E-state index in [9.17, 15) is 0 Å². The molecule has 1 aliphatic carbocycles. The molecular formula is C6H11N. The fourth-order valence-electron chi connectivity index (χ4n) is 1.54. The van der Waals surface area contributed by atoms with Crippen LogP contribution in [0.3, 0.4) is 0 Å². The molecule has 40 valence electrons. The Kier molecular flexibility index (Phi) is 0.571. The molecule has 1 nitrogen and oxygen atoms in total. The first-order valence-corrected chi connectivity index (χ1v) is 3.16. The maximum atomic E-state index is 2.55. The molecule has 0 spiro atoms. The summed E-state index contributed by atoms with van der Waals surface area (Å²) in [5.41, 5.74) is 0. The fourth-order valence-corrected chi connectivity index (χ4v) is 1.54. The summed E-state index contributed by atoms with van der Waals surface area (Å²) in [6.07, 6.45) is 1.51. The quantitative estimate of drug-likeness (QED) is 0.466. The van der Waals surface area contributed by atoms with Crippen molar-refractivity contribution in [1.82, 2.24) is 4.90 Å². The molecule has 7 heavy (non-hydrogen) atoms. The smallest absolute Gasteiger partial charge is 0.0140 e. The van der Waals surface area contributed by atoms with Crippen molar-refractivity contribution in [1.29, 1.82) is 0 Å². The lowest BCUT2D eigenvalue weighted by atomic mass is 10.2. The van der Waals surface area contributed by atoms with E-state index in [1.165, 1.54) is 19.5 Å². The summed E-state index contributed by atoms with van der Waals surface area (Å²) in [4.78, 5) is 2.55. The van der Waals surface area contributed by atoms with Crippen molar-refractivity contribution in [2.45, 2.75) is 19.4 Å². The fraction of sp³-hybridized carbons (Fsp3) is 1.00. The molecule has 1 saturated carbocycles. The third kappa shape index (κ3) is 0.367. The van der Waals surface area contributed by atoms with Gasteiger partial charge in [0.05, 0.1) is 0 Å². The van der Waals surface area contributed by atoms with Crippen molar-refractivity contribution in [3.63, 3.8) is 0 Å². The first-order chi connectivity index (χ1) is 3.42. The Hall–Kier alpha value is -0.0400. The van der Waals surface area contributed by atoms with Gasteiger partial charge in [-0.15, -0.1) is 0 Å². The minimum Gasteiger partial charge on any atom is -0.300 e. The van der Waals surface area contributed by atoms with E-state index in [4.69, 9.17) is 0 Å². The molecule has 0 radical (unpaired) electrons. The Bertz CT molecular complexity index is 90.2. The zero-order valence-electron chi connectivity index (χ0n) is 4.72. The van der Waals surface area contributed by atoms with Gasteiger partial charge in [0.1, 0.15) is 0 Å². The van der Waals surface area contributed by atoms with E-state index < -0.39 is 0 Å². The van der Waals surface area contributed by atoms with Gasteiger partial charge in [0.25, 0.3) is 0 Å². The first kappa shape index (κ1) is 3.90. The second kappa shape index (κ2) is 1.03. The molecule has 2 atom stereocenters. The van der Waals surface area contributed by atoms with Crippen LogP contribution in [-0.2, 0) is 0 Å². The van der Waals surface area contributed by atoms with Gasteiger partial charge in [-0.05, 0) is 18.9 Å². The zero-order valence-corrected chi connectivity index (χ0v) is 4.72. The molecule has 1 heteroatoms. The molecule has 2 aliphatic rings. The summed E-state index contributed by atoms with van der Waals surface area (Å²) in [5, 5.41) is 0. The average Bonchev–Trinajstić information content (AvgIpc) is 2.18. The molecule has 2 fully saturated rings. The minimum absolute atomic E-state index is 1.05. The van der Waals surface area contributed by atoms with Gasteiger partial charge in [-0.2, -0.15) is 0 Å². The van der Waals surface area contributed by atoms with Crippen molar-refractivity contribution in [3.05, 3.63) is 0 Å². The maximum absolute atomic E-state index is 2.55. The van der Waals surface area contributed by atoms with E-state index in [2.05, 4.69) is 11.8 Å². The van der Waals surface area contributed by atoms with Gasteiger partial charge in [-0.25, -0.2) is 0 Å². The summed E-state index contributed by atoms with van der Waals surface area (Å²) >= 11 is 0. The average molecular weight is 97.2 g/mol. The van der Waals surface area contributed by atoms with Gasteiger partial charge in [-0.3, -0.25) is 4.90 Å². The van der Waals surface area contributed by atoms with E-state index in [1.807, 2.05) is 0 Å². The van der Waals surface area contributed by atoms with Crippen LogP contribution in [0.25, 0.3) is 0 Å². The van der Waals surface area contributed by atoms with Gasteiger partial charge >= 0.3 is 0 Å². The Balaban J connectivity index is 1.92. The minimum atomic E-state index is 1.05. The normalized spacial score (nSPS) is 47.6. The van der Waals surface area contributed by atoms with Crippen LogP contribution in [0.4, 0.5) is 0 Å². The zero-order chi connectivity index (χ0) is 4.85. The lowest BCUT2D eigenvalue weighted by Gasteiger charge is -2.28. The highest BCUT2D eigenvalue weighted by molar-refractivity contribution is 5.05. The van der Waals surface area contributed by atoms with E-state index in [0.29, 0.717) is 0 Å². The molecule has 0 aromatic carbocycles. The number of rotatable bonds is 1. The highest BCUT2D eigenvalue weighted by atomic mass is 15.3. The molecule has 0 amide bonds. The van der Waals surface area contributed by atoms with E-state index >= 15 is 0 Å². The van der Waals surface area contributed by atoms with Crippen molar-refractivity contribution in [2.75, 3.05) is 13.1 Å². The van der Waals surface area contributed by atoms with Gasteiger partial charge in [0.15, 0.2) is 0 Å². The molecule has 1 saturated heterocycles. The van der Waals surface area contributed by atoms with Crippen LogP contribution in [-0.4, -0.2) is 24.0 Å². The van der Waals surface area contributed by atoms with Crippen LogP contribution in [0.2, 0.25) is 0 Å². The third-order valence-electron chi connectivity index (χ3n) is 2.23. The molecular weight excluding hydrogens is 86.1 g/mol. The van der Waals surface area contributed by atoms with E-state index in [-0.39, 0.29) is 0 Å². The predicted octanol–water partition coefficient (Wildman–Crippen LogP) is 0.710. The van der Waals surface area contributed by atoms with Crippen molar-refractivity contribution in [2.24, 2.45) is 5.92 Å². The standard InChI is InChI=1S/C6H11N/c1-2-7-4-5-3-6(5)7/h5-6H,2-4H2,1H3/t5-,6?/m1/s1. The van der Waals surface area contributed by atoms with Gasteiger partial charge in [-0.1, -0.05) is 6.92 Å². The van der Waals surface area contributed by atoms with Gasteiger partial charge < -0.3 is 0 Å². The summed E-state index contributed by atoms with van der Waals surface area (Å²) in [6.45, 7) is 4.93. The second-order valence-electron chi connectivity index (χ2n) is 2.65. The highest BCUT2D eigenvalue weighted by Gasteiger charge is 2.50. The van der Waals surface area contributed by atoms with Crippen LogP contribution in [0.5, 0.6) is 0 Å². The van der Waals surface area contributed by atoms with Crippen LogP contribution < -0.4 is 0 Å². The molecule has 0 N–H and O–H groups in total. The van der Waals surface area contributed by atoms with Crippen molar-refractivity contribution in [3.8, 4) is 0 Å². The van der Waals surface area contributed by atoms with Crippen molar-refractivity contribution >= 4 is 0 Å². The van der Waals surface area contributed by atoms with Crippen LogP contribution >= 0.6 is 0 Å². The van der Waals surface area contributed by atoms with Gasteiger partial charge in [0, 0.05) is 12.6 Å². The third-order valence-corrected chi connectivity index (χ3v) is 2.23. The number of hydrogen-bond acceptors (Lipinski definition) is 1. The van der Waals surface area contributed by atoms with Crippen LogP contribution in [0, 0.1) is 5.92 Å². The Morgan fingerprint density at radius 2 is 2.57 bits per heavy atom. The number of nitrogens with zero attached hydrogens (tertiary/aromatic N) is 1. The Morgan fingerprint density at radius 3 is 2.71 bits per heavy atom. The predicted molar refractivity (Wildman–Crippen MR) is 29.1 cm³/mol. The number of likely N-dealkylation sites (tertiary alicyclic amines) is 1. The number of fused-ring (bicyclic) bond motifs is 1. The molecule has 1 unspecified atom stereocenters. The summed E-state index contributed by atoms with van der Waals surface area (Å²) < 4.78 is 0. The van der Waals surface area contributed by atoms with Gasteiger partial charge in [0.2, 0.25) is 0 Å². The largest absolute Gasteiger partial charge is 0.300 e. The summed E-state index contributed by atoms with van der Waals surface area (Å²) in [5.74, 6) is 1.14. The molecule has 2 rings (SSSR count). The highest BCUT2D eigenvalue weighted by Crippen LogP contribution is 2.45. The monoisotopic (exact) mass is 97.1 g/mol. The Morgan fingerprint density at radius 1 is 1.71 bits per heavy atom. The summed E-state index contributed by atoms with van der Waals surface area (Å²) in [7, 11) is 0. The lowest BCUT2D eigenvalue weighted by Crippen LogP contribution is -2.38. The molecule has 1 aliphatic heterocycles. The van der Waals surface area contributed by atoms with Crippen LogP contribution in [0.15, 0.2) is 0 Å². The van der Waals surface area contributed by atoms with Crippen LogP contribution in [0.1, 0.15) is 13.3 Å². The molecule has 0 aromatic heterocycles. The second-order valence-corrected chi connectivity index (χ2v) is 2.65. The Labute approximate surface area is 44.3 Å². The first-order valence-electron chi connectivity index (χ1n) is 3.16. The van der Waals surface area contributed by atoms with Crippen molar-refractivity contribution < 1.29 is 0 Å². The molecule has 0 bridgehead atoms. The van der Waals surface area contributed by atoms with E-state index in [0.717, 1.165) is 12.0 Å².